The first-order valence-corrected chi connectivity index (χ1v) is 11.3. The quantitative estimate of drug-likeness (QED) is 0.751. The summed E-state index contributed by atoms with van der Waals surface area (Å²) in [6, 6.07) is 8.39. The predicted molar refractivity (Wildman–Crippen MR) is 114 cm³/mol. The van der Waals surface area contributed by atoms with E-state index < -0.39 is 10.0 Å². The second kappa shape index (κ2) is 9.11. The van der Waals surface area contributed by atoms with Gasteiger partial charge < -0.3 is 10.2 Å². The van der Waals surface area contributed by atoms with E-state index >= 15 is 0 Å². The van der Waals surface area contributed by atoms with E-state index in [4.69, 9.17) is 11.6 Å². The van der Waals surface area contributed by atoms with E-state index in [1.165, 1.54) is 24.6 Å². The molecule has 1 fully saturated rings. The zero-order valence-corrected chi connectivity index (χ0v) is 18.1. The van der Waals surface area contributed by atoms with Gasteiger partial charge in [-0.25, -0.2) is 17.7 Å². The highest BCUT2D eigenvalue weighted by Gasteiger charge is 2.22. The first kappa shape index (κ1) is 21.5. The predicted octanol–water partition coefficient (Wildman–Crippen LogP) is 3.22. The SMILES string of the molecule is CN(C)S(=O)(=O)c1ccccc1CNc1ncc(C(=O)N2CCCCC2)cc1Cl. The number of aromatic nitrogens is 1. The fraction of sp³-hybridized carbons (Fsp3) is 0.400. The molecular weight excluding hydrogens is 412 g/mol. The summed E-state index contributed by atoms with van der Waals surface area (Å²) >= 11 is 6.34. The van der Waals surface area contributed by atoms with Crippen LogP contribution >= 0.6 is 11.6 Å². The van der Waals surface area contributed by atoms with E-state index in [-0.39, 0.29) is 17.3 Å². The van der Waals surface area contributed by atoms with Crippen LogP contribution in [0.3, 0.4) is 0 Å². The summed E-state index contributed by atoms with van der Waals surface area (Å²) in [5, 5.41) is 3.40. The number of carbonyl (C=O) groups is 1. The third-order valence-electron chi connectivity index (χ3n) is 4.91. The van der Waals surface area contributed by atoms with Crippen molar-refractivity contribution in [3.63, 3.8) is 0 Å². The average Bonchev–Trinajstić information content (AvgIpc) is 2.73. The molecule has 9 heteroatoms. The van der Waals surface area contributed by atoms with Crippen molar-refractivity contribution in [2.24, 2.45) is 0 Å². The number of hydrogen-bond donors (Lipinski definition) is 1. The molecule has 2 aromatic rings. The molecule has 0 radical (unpaired) electrons. The lowest BCUT2D eigenvalue weighted by atomic mass is 10.1. The third kappa shape index (κ3) is 4.88. The minimum atomic E-state index is -3.56. The van der Waals surface area contributed by atoms with E-state index in [2.05, 4.69) is 10.3 Å². The first-order chi connectivity index (χ1) is 13.8. The summed E-state index contributed by atoms with van der Waals surface area (Å²) in [5.41, 5.74) is 1.06. The molecule has 29 heavy (non-hydrogen) atoms. The Morgan fingerprint density at radius 1 is 1.21 bits per heavy atom. The fourth-order valence-corrected chi connectivity index (χ4v) is 4.59. The lowest BCUT2D eigenvalue weighted by Crippen LogP contribution is -2.35. The van der Waals surface area contributed by atoms with Crippen molar-refractivity contribution in [1.82, 2.24) is 14.2 Å². The van der Waals surface area contributed by atoms with Crippen molar-refractivity contribution < 1.29 is 13.2 Å². The highest BCUT2D eigenvalue weighted by Crippen LogP contribution is 2.24. The summed E-state index contributed by atoms with van der Waals surface area (Å²) in [7, 11) is -0.571. The summed E-state index contributed by atoms with van der Waals surface area (Å²) < 4.78 is 26.2. The summed E-state index contributed by atoms with van der Waals surface area (Å²) in [6.45, 7) is 1.75. The molecule has 0 spiro atoms. The van der Waals surface area contributed by atoms with Crippen LogP contribution in [0.15, 0.2) is 41.4 Å². The third-order valence-corrected chi connectivity index (χ3v) is 7.11. The molecule has 3 rings (SSSR count). The van der Waals surface area contributed by atoms with E-state index in [1.807, 2.05) is 4.90 Å². The molecule has 1 amide bonds. The molecule has 1 aromatic heterocycles. The molecule has 0 aliphatic carbocycles. The number of hydrogen-bond acceptors (Lipinski definition) is 5. The van der Waals surface area contributed by atoms with Crippen LogP contribution in [0.25, 0.3) is 0 Å². The molecular formula is C20H25ClN4O3S. The maximum Gasteiger partial charge on any atom is 0.255 e. The Kier molecular flexibility index (Phi) is 6.77. The van der Waals surface area contributed by atoms with Crippen molar-refractivity contribution in [3.8, 4) is 0 Å². The molecule has 0 saturated carbocycles. The van der Waals surface area contributed by atoms with E-state index in [0.29, 0.717) is 22.0 Å². The summed E-state index contributed by atoms with van der Waals surface area (Å²) in [5.74, 6) is 0.340. The number of benzene rings is 1. The number of rotatable bonds is 6. The molecule has 0 atom stereocenters. The van der Waals surface area contributed by atoms with Gasteiger partial charge in [0.25, 0.3) is 5.91 Å². The number of sulfonamides is 1. The summed E-state index contributed by atoms with van der Waals surface area (Å²) in [6.07, 6.45) is 4.69. The van der Waals surface area contributed by atoms with Gasteiger partial charge in [-0.3, -0.25) is 4.79 Å². The number of nitrogens with one attached hydrogen (secondary N) is 1. The van der Waals surface area contributed by atoms with E-state index in [9.17, 15) is 13.2 Å². The largest absolute Gasteiger partial charge is 0.365 e. The van der Waals surface area contributed by atoms with Crippen LogP contribution in [0.2, 0.25) is 5.02 Å². The Labute approximate surface area is 176 Å². The normalized spacial score (nSPS) is 14.8. The smallest absolute Gasteiger partial charge is 0.255 e. The van der Waals surface area contributed by atoms with Gasteiger partial charge in [0.05, 0.1) is 15.5 Å². The fourth-order valence-electron chi connectivity index (χ4n) is 3.24. The number of likely N-dealkylation sites (tertiary alicyclic amines) is 1. The maximum atomic E-state index is 12.6. The monoisotopic (exact) mass is 436 g/mol. The molecule has 1 aliphatic rings. The number of pyridine rings is 1. The Balaban J connectivity index is 1.75. The molecule has 7 nitrogen and oxygen atoms in total. The zero-order chi connectivity index (χ0) is 21.0. The van der Waals surface area contributed by atoms with Crippen LogP contribution in [-0.4, -0.2) is 55.7 Å². The minimum Gasteiger partial charge on any atom is -0.365 e. The van der Waals surface area contributed by atoms with Crippen molar-refractivity contribution in [2.75, 3.05) is 32.5 Å². The van der Waals surface area contributed by atoms with Gasteiger partial charge >= 0.3 is 0 Å². The number of halogens is 1. The molecule has 1 saturated heterocycles. The number of carbonyl (C=O) groups excluding carboxylic acids is 1. The number of amides is 1. The van der Waals surface area contributed by atoms with Crippen molar-refractivity contribution in [3.05, 3.63) is 52.7 Å². The van der Waals surface area contributed by atoms with Gasteiger partial charge in [-0.1, -0.05) is 29.8 Å². The van der Waals surface area contributed by atoms with Crippen LogP contribution in [0.4, 0.5) is 5.82 Å². The highest BCUT2D eigenvalue weighted by molar-refractivity contribution is 7.89. The van der Waals surface area contributed by atoms with Crippen molar-refractivity contribution in [2.45, 2.75) is 30.7 Å². The molecule has 1 N–H and O–H groups in total. The average molecular weight is 437 g/mol. The van der Waals surface area contributed by atoms with Gasteiger partial charge in [0.15, 0.2) is 0 Å². The summed E-state index contributed by atoms with van der Waals surface area (Å²) in [4.78, 5) is 18.9. The Bertz CT molecular complexity index is 989. The molecule has 156 valence electrons. The van der Waals surface area contributed by atoms with Crippen LogP contribution in [0.1, 0.15) is 35.2 Å². The zero-order valence-electron chi connectivity index (χ0n) is 16.6. The Morgan fingerprint density at radius 2 is 1.90 bits per heavy atom. The lowest BCUT2D eigenvalue weighted by molar-refractivity contribution is 0.0724. The van der Waals surface area contributed by atoms with Crippen LogP contribution < -0.4 is 5.32 Å². The number of nitrogens with zero attached hydrogens (tertiary/aromatic N) is 3. The molecule has 0 bridgehead atoms. The molecule has 1 aliphatic heterocycles. The van der Waals surface area contributed by atoms with Crippen molar-refractivity contribution >= 4 is 33.3 Å². The molecule has 2 heterocycles. The minimum absolute atomic E-state index is 0.0620. The van der Waals surface area contributed by atoms with Crippen LogP contribution in [-0.2, 0) is 16.6 Å². The molecule has 0 unspecified atom stereocenters. The van der Waals surface area contributed by atoms with E-state index in [0.717, 1.165) is 32.4 Å². The van der Waals surface area contributed by atoms with Gasteiger partial charge in [0.2, 0.25) is 10.0 Å². The second-order valence-corrected chi connectivity index (χ2v) is 9.68. The van der Waals surface area contributed by atoms with Crippen LogP contribution in [0, 0.1) is 0 Å². The van der Waals surface area contributed by atoms with Gasteiger partial charge in [-0.05, 0) is 37.0 Å². The first-order valence-electron chi connectivity index (χ1n) is 9.50. The maximum absolute atomic E-state index is 12.6. The van der Waals surface area contributed by atoms with Gasteiger partial charge in [0.1, 0.15) is 5.82 Å². The Morgan fingerprint density at radius 3 is 2.55 bits per heavy atom. The number of piperidine rings is 1. The highest BCUT2D eigenvalue weighted by atomic mass is 35.5. The standard InChI is InChI=1S/C20H25ClN4O3S/c1-24(2)29(27,28)18-9-5-4-8-15(18)13-22-19-17(21)12-16(14-23-19)20(26)25-10-6-3-7-11-25/h4-5,8-9,12,14H,3,6-7,10-11,13H2,1-2H3,(H,22,23). The van der Waals surface area contributed by atoms with Gasteiger partial charge in [-0.2, -0.15) is 0 Å². The van der Waals surface area contributed by atoms with E-state index in [1.54, 1.807) is 30.3 Å². The van der Waals surface area contributed by atoms with Gasteiger partial charge in [-0.15, -0.1) is 0 Å². The Hall–Kier alpha value is -2.16. The van der Waals surface area contributed by atoms with Gasteiger partial charge in [0, 0.05) is 39.9 Å². The van der Waals surface area contributed by atoms with Crippen LogP contribution in [0.5, 0.6) is 0 Å². The molecule has 1 aromatic carbocycles. The lowest BCUT2D eigenvalue weighted by Gasteiger charge is -2.26. The number of anilines is 1. The second-order valence-electron chi connectivity index (χ2n) is 7.16. The topological polar surface area (TPSA) is 82.6 Å². The van der Waals surface area contributed by atoms with Crippen molar-refractivity contribution in [1.29, 1.82) is 0 Å².